The highest BCUT2D eigenvalue weighted by Crippen LogP contribution is 2.17. The maximum Gasteiger partial charge on any atom is 0.212 e. The summed E-state index contributed by atoms with van der Waals surface area (Å²) in [4.78, 5) is 0. The third kappa shape index (κ3) is 6.87. The van der Waals surface area contributed by atoms with Crippen LogP contribution < -0.4 is 10.0 Å². The first-order valence-corrected chi connectivity index (χ1v) is 7.35. The maximum absolute atomic E-state index is 11.5. The Labute approximate surface area is 92.9 Å². The molecule has 0 saturated heterocycles. The molecule has 0 aromatic carbocycles. The summed E-state index contributed by atoms with van der Waals surface area (Å²) in [5, 5.41) is 3.19. The molecule has 0 aromatic rings. The standard InChI is InChI=1S/C10H22N2O2S/c1-9(2)5-6-12-15(13,14)8-7-11-10-3-4-10/h9-12H,3-8H2,1-2H3. The predicted molar refractivity (Wildman–Crippen MR) is 62.3 cm³/mol. The number of nitrogens with one attached hydrogen (secondary N) is 2. The van der Waals surface area contributed by atoms with Crippen LogP contribution in [-0.4, -0.2) is 33.3 Å². The molecule has 0 spiro atoms. The van der Waals surface area contributed by atoms with E-state index in [4.69, 9.17) is 0 Å². The first-order chi connectivity index (χ1) is 6.99. The Morgan fingerprint density at radius 3 is 2.47 bits per heavy atom. The van der Waals surface area contributed by atoms with Crippen LogP contribution in [0.3, 0.4) is 0 Å². The lowest BCUT2D eigenvalue weighted by molar-refractivity contribution is 0.549. The monoisotopic (exact) mass is 234 g/mol. The molecule has 1 aliphatic rings. The van der Waals surface area contributed by atoms with E-state index in [9.17, 15) is 8.42 Å². The third-order valence-electron chi connectivity index (χ3n) is 2.42. The fourth-order valence-corrected chi connectivity index (χ4v) is 2.22. The van der Waals surface area contributed by atoms with Crippen LogP contribution >= 0.6 is 0 Å². The minimum atomic E-state index is -3.06. The summed E-state index contributed by atoms with van der Waals surface area (Å²) < 4.78 is 25.5. The summed E-state index contributed by atoms with van der Waals surface area (Å²) >= 11 is 0. The average Bonchev–Trinajstić information content (AvgIpc) is 2.86. The van der Waals surface area contributed by atoms with E-state index in [-0.39, 0.29) is 5.75 Å². The molecule has 2 N–H and O–H groups in total. The van der Waals surface area contributed by atoms with Crippen LogP contribution in [0.1, 0.15) is 33.1 Å². The molecule has 0 atom stereocenters. The van der Waals surface area contributed by atoms with Crippen LogP contribution in [-0.2, 0) is 10.0 Å². The Morgan fingerprint density at radius 1 is 1.27 bits per heavy atom. The summed E-state index contributed by atoms with van der Waals surface area (Å²) in [5.74, 6) is 0.735. The molecule has 90 valence electrons. The van der Waals surface area contributed by atoms with E-state index < -0.39 is 10.0 Å². The van der Waals surface area contributed by atoms with Gasteiger partial charge in [0, 0.05) is 19.1 Å². The van der Waals surface area contributed by atoms with Crippen molar-refractivity contribution in [2.24, 2.45) is 5.92 Å². The van der Waals surface area contributed by atoms with Gasteiger partial charge in [0.25, 0.3) is 0 Å². The highest BCUT2D eigenvalue weighted by molar-refractivity contribution is 7.89. The summed E-state index contributed by atoms with van der Waals surface area (Å²) in [6, 6.07) is 0.580. The van der Waals surface area contributed by atoms with Gasteiger partial charge in [-0.3, -0.25) is 0 Å². The van der Waals surface area contributed by atoms with Gasteiger partial charge in [0.15, 0.2) is 0 Å². The fourth-order valence-electron chi connectivity index (χ4n) is 1.26. The zero-order chi connectivity index (χ0) is 11.3. The molecule has 0 unspecified atom stereocenters. The van der Waals surface area contributed by atoms with Crippen molar-refractivity contribution in [2.75, 3.05) is 18.8 Å². The zero-order valence-electron chi connectivity index (χ0n) is 9.62. The van der Waals surface area contributed by atoms with Gasteiger partial charge in [0.2, 0.25) is 10.0 Å². The lowest BCUT2D eigenvalue weighted by Crippen LogP contribution is -2.33. The van der Waals surface area contributed by atoms with Gasteiger partial charge < -0.3 is 5.32 Å². The molecule has 1 aliphatic carbocycles. The quantitative estimate of drug-likeness (QED) is 0.650. The van der Waals surface area contributed by atoms with Gasteiger partial charge in [-0.2, -0.15) is 0 Å². The summed E-state index contributed by atoms with van der Waals surface area (Å²) in [6.07, 6.45) is 3.29. The molecule has 5 heteroatoms. The van der Waals surface area contributed by atoms with Crippen molar-refractivity contribution in [3.05, 3.63) is 0 Å². The lowest BCUT2D eigenvalue weighted by Gasteiger charge is -2.08. The largest absolute Gasteiger partial charge is 0.313 e. The van der Waals surface area contributed by atoms with E-state index in [1.165, 1.54) is 12.8 Å². The van der Waals surface area contributed by atoms with Gasteiger partial charge >= 0.3 is 0 Å². The second-order valence-electron chi connectivity index (χ2n) is 4.62. The third-order valence-corrected chi connectivity index (χ3v) is 3.81. The van der Waals surface area contributed by atoms with Crippen molar-refractivity contribution < 1.29 is 8.42 Å². The van der Waals surface area contributed by atoms with Crippen molar-refractivity contribution in [3.8, 4) is 0 Å². The molecule has 15 heavy (non-hydrogen) atoms. The highest BCUT2D eigenvalue weighted by atomic mass is 32.2. The minimum absolute atomic E-state index is 0.196. The van der Waals surface area contributed by atoms with Crippen LogP contribution in [0, 0.1) is 5.92 Å². The van der Waals surface area contributed by atoms with Crippen LogP contribution in [0.5, 0.6) is 0 Å². The normalized spacial score (nSPS) is 17.3. The van der Waals surface area contributed by atoms with Gasteiger partial charge in [-0.1, -0.05) is 13.8 Å². The first-order valence-electron chi connectivity index (χ1n) is 5.70. The van der Waals surface area contributed by atoms with E-state index in [0.717, 1.165) is 6.42 Å². The van der Waals surface area contributed by atoms with Crippen molar-refractivity contribution in [1.29, 1.82) is 0 Å². The average molecular weight is 234 g/mol. The van der Waals surface area contributed by atoms with E-state index in [0.29, 0.717) is 25.0 Å². The smallest absolute Gasteiger partial charge is 0.212 e. The molecule has 0 radical (unpaired) electrons. The highest BCUT2D eigenvalue weighted by Gasteiger charge is 2.20. The topological polar surface area (TPSA) is 58.2 Å². The Balaban J connectivity index is 2.07. The van der Waals surface area contributed by atoms with Crippen LogP contribution in [0.2, 0.25) is 0 Å². The molecule has 4 nitrogen and oxygen atoms in total. The molecule has 1 saturated carbocycles. The molecular formula is C10H22N2O2S. The SMILES string of the molecule is CC(C)CCNS(=O)(=O)CCNC1CC1. The molecule has 0 aromatic heterocycles. The summed E-state index contributed by atoms with van der Waals surface area (Å²) in [7, 11) is -3.06. The Kier molecular flexibility index (Phi) is 5.02. The molecule has 0 amide bonds. The van der Waals surface area contributed by atoms with Crippen LogP contribution in [0.15, 0.2) is 0 Å². The predicted octanol–water partition coefficient (Wildman–Crippen LogP) is 0.704. The van der Waals surface area contributed by atoms with Gasteiger partial charge in [0.05, 0.1) is 5.75 Å². The van der Waals surface area contributed by atoms with Crippen molar-refractivity contribution in [3.63, 3.8) is 0 Å². The Morgan fingerprint density at radius 2 is 1.93 bits per heavy atom. The van der Waals surface area contributed by atoms with Crippen LogP contribution in [0.4, 0.5) is 0 Å². The van der Waals surface area contributed by atoms with E-state index in [2.05, 4.69) is 23.9 Å². The van der Waals surface area contributed by atoms with Gasteiger partial charge in [-0.05, 0) is 25.2 Å². The van der Waals surface area contributed by atoms with Crippen LogP contribution in [0.25, 0.3) is 0 Å². The fraction of sp³-hybridized carbons (Fsp3) is 1.00. The van der Waals surface area contributed by atoms with Gasteiger partial charge in [-0.25, -0.2) is 13.1 Å². The minimum Gasteiger partial charge on any atom is -0.313 e. The van der Waals surface area contributed by atoms with Gasteiger partial charge in [0.1, 0.15) is 0 Å². The number of rotatable bonds is 8. The second-order valence-corrected chi connectivity index (χ2v) is 6.55. The molecule has 0 aliphatic heterocycles. The van der Waals surface area contributed by atoms with Gasteiger partial charge in [-0.15, -0.1) is 0 Å². The summed E-state index contributed by atoms with van der Waals surface area (Å²) in [5.41, 5.74) is 0. The molecule has 0 heterocycles. The Hall–Kier alpha value is -0.130. The van der Waals surface area contributed by atoms with Crippen molar-refractivity contribution in [2.45, 2.75) is 39.2 Å². The number of sulfonamides is 1. The lowest BCUT2D eigenvalue weighted by atomic mass is 10.1. The molecule has 1 fully saturated rings. The first kappa shape index (κ1) is 12.9. The van der Waals surface area contributed by atoms with E-state index >= 15 is 0 Å². The van der Waals surface area contributed by atoms with Crippen molar-refractivity contribution >= 4 is 10.0 Å². The molecular weight excluding hydrogens is 212 g/mol. The number of hydrogen-bond acceptors (Lipinski definition) is 3. The van der Waals surface area contributed by atoms with E-state index in [1.807, 2.05) is 0 Å². The maximum atomic E-state index is 11.5. The van der Waals surface area contributed by atoms with E-state index in [1.54, 1.807) is 0 Å². The zero-order valence-corrected chi connectivity index (χ0v) is 10.4. The molecule has 0 bridgehead atoms. The molecule has 1 rings (SSSR count). The number of hydrogen-bond donors (Lipinski definition) is 2. The second kappa shape index (κ2) is 5.82. The van der Waals surface area contributed by atoms with Crippen molar-refractivity contribution in [1.82, 2.24) is 10.0 Å². The Bertz CT molecular complexity index is 257. The summed E-state index contributed by atoms with van der Waals surface area (Å²) in [6.45, 7) is 5.30.